The number of esters is 1. The van der Waals surface area contributed by atoms with Crippen LogP contribution in [0.15, 0.2) is 54.6 Å². The molecule has 0 unspecified atom stereocenters. The molecular weight excluding hydrogens is 492 g/mol. The first-order valence-electron chi connectivity index (χ1n) is 13.2. The van der Waals surface area contributed by atoms with Gasteiger partial charge in [0.15, 0.2) is 0 Å². The third kappa shape index (κ3) is 4.85. The molecule has 0 aliphatic heterocycles. The molecule has 0 bridgehead atoms. The number of carbonyl (C=O) groups excluding carboxylic acids is 2. The van der Waals surface area contributed by atoms with E-state index >= 15 is 0 Å². The topological polar surface area (TPSA) is 68.3 Å². The Kier molecular flexibility index (Phi) is 7.10. The monoisotopic (exact) mass is 526 g/mol. The number of hydrogen-bond donors (Lipinski definition) is 1. The molecule has 196 valence electrons. The van der Waals surface area contributed by atoms with Crippen molar-refractivity contribution in [1.29, 1.82) is 0 Å². The van der Waals surface area contributed by atoms with Crippen molar-refractivity contribution < 1.29 is 14.3 Å². The van der Waals surface area contributed by atoms with Crippen molar-refractivity contribution in [3.05, 3.63) is 81.7 Å². The van der Waals surface area contributed by atoms with E-state index in [9.17, 15) is 9.59 Å². The van der Waals surface area contributed by atoms with Crippen LogP contribution in [-0.2, 0) is 17.6 Å². The van der Waals surface area contributed by atoms with Crippen molar-refractivity contribution in [3.63, 3.8) is 0 Å². The normalized spacial score (nSPS) is 15.2. The molecule has 0 radical (unpaired) electrons. The Bertz CT molecular complexity index is 1540. The first-order chi connectivity index (χ1) is 18.2. The lowest BCUT2D eigenvalue weighted by Crippen LogP contribution is -2.28. The highest BCUT2D eigenvalue weighted by atomic mass is 32.1. The molecule has 0 fully saturated rings. The number of aromatic nitrogens is 1. The van der Waals surface area contributed by atoms with Crippen molar-refractivity contribution in [1.82, 2.24) is 4.98 Å². The Morgan fingerprint density at radius 1 is 1.13 bits per heavy atom. The van der Waals surface area contributed by atoms with Gasteiger partial charge in [-0.1, -0.05) is 69.2 Å². The summed E-state index contributed by atoms with van der Waals surface area (Å²) in [5.74, 6) is -0.119. The number of ether oxygens (including phenoxy) is 1. The van der Waals surface area contributed by atoms with E-state index in [1.54, 1.807) is 0 Å². The smallest absolute Gasteiger partial charge is 0.341 e. The van der Waals surface area contributed by atoms with Crippen LogP contribution in [0.5, 0.6) is 0 Å². The number of amides is 1. The largest absolute Gasteiger partial charge is 0.465 e. The summed E-state index contributed by atoms with van der Waals surface area (Å²) in [7, 11) is 1.40. The zero-order valence-corrected chi connectivity index (χ0v) is 23.5. The highest BCUT2D eigenvalue weighted by Gasteiger charge is 2.35. The number of nitrogens with zero attached hydrogens (tertiary/aromatic N) is 1. The van der Waals surface area contributed by atoms with Gasteiger partial charge in [0.2, 0.25) is 0 Å². The second-order valence-electron chi connectivity index (χ2n) is 10.9. The van der Waals surface area contributed by atoms with Gasteiger partial charge < -0.3 is 10.1 Å². The first-order valence-corrected chi connectivity index (χ1v) is 14.0. The summed E-state index contributed by atoms with van der Waals surface area (Å²) in [5.41, 5.74) is 5.85. The standard InChI is InChI=1S/C32H34N2O3S/c1-6-32(3,4)21-14-15-23-27(17-21)38-30(28(23)31(36)37-5)34-29(35)24-18-26(20-11-9-10-19(2)16-20)33-25-13-8-7-12-22(24)25/h7-13,16,18,21H,6,14-15,17H2,1-5H3,(H,34,35)/t21-/m1/s1. The third-order valence-electron chi connectivity index (χ3n) is 8.17. The van der Waals surface area contributed by atoms with Crippen molar-refractivity contribution >= 4 is 39.1 Å². The Labute approximate surface area is 228 Å². The van der Waals surface area contributed by atoms with E-state index < -0.39 is 5.97 Å². The van der Waals surface area contributed by atoms with Crippen molar-refractivity contribution in [2.24, 2.45) is 11.3 Å². The molecule has 38 heavy (non-hydrogen) atoms. The van der Waals surface area contributed by atoms with Gasteiger partial charge in [-0.05, 0) is 61.3 Å². The molecule has 1 amide bonds. The van der Waals surface area contributed by atoms with E-state index in [2.05, 4.69) is 32.2 Å². The molecular formula is C32H34N2O3S. The summed E-state index contributed by atoms with van der Waals surface area (Å²) in [6.45, 7) is 8.91. The Morgan fingerprint density at radius 3 is 2.66 bits per heavy atom. The van der Waals surface area contributed by atoms with E-state index in [1.807, 2.05) is 55.5 Å². The molecule has 2 aromatic carbocycles. The summed E-state index contributed by atoms with van der Waals surface area (Å²) in [6, 6.07) is 17.6. The molecule has 2 aromatic heterocycles. The van der Waals surface area contributed by atoms with Crippen LogP contribution in [0.25, 0.3) is 22.2 Å². The molecule has 1 N–H and O–H groups in total. The number of aryl methyl sites for hydroxylation is 1. The van der Waals surface area contributed by atoms with Gasteiger partial charge in [-0.25, -0.2) is 9.78 Å². The Balaban J connectivity index is 1.55. The number of nitrogens with one attached hydrogen (secondary N) is 1. The van der Waals surface area contributed by atoms with Crippen molar-refractivity contribution in [2.75, 3.05) is 12.4 Å². The summed E-state index contributed by atoms with van der Waals surface area (Å²) in [4.78, 5) is 32.8. The molecule has 0 saturated heterocycles. The number of hydrogen-bond acceptors (Lipinski definition) is 5. The molecule has 0 saturated carbocycles. The molecule has 4 aromatic rings. The van der Waals surface area contributed by atoms with Crippen molar-refractivity contribution in [2.45, 2.75) is 53.4 Å². The van der Waals surface area contributed by atoms with Crippen molar-refractivity contribution in [3.8, 4) is 11.3 Å². The fourth-order valence-corrected chi connectivity index (χ4v) is 6.74. The predicted octanol–water partition coefficient (Wildman–Crippen LogP) is 7.85. The number of fused-ring (bicyclic) bond motifs is 2. The number of benzene rings is 2. The van der Waals surface area contributed by atoms with Gasteiger partial charge in [-0.15, -0.1) is 11.3 Å². The van der Waals surface area contributed by atoms with E-state index in [-0.39, 0.29) is 11.3 Å². The van der Waals surface area contributed by atoms with E-state index in [4.69, 9.17) is 9.72 Å². The lowest BCUT2D eigenvalue weighted by molar-refractivity contribution is 0.0600. The molecule has 5 rings (SSSR count). The average molecular weight is 527 g/mol. The van der Waals surface area contributed by atoms with Crippen LogP contribution in [0, 0.1) is 18.3 Å². The minimum Gasteiger partial charge on any atom is -0.465 e. The van der Waals surface area contributed by atoms with Gasteiger partial charge in [-0.2, -0.15) is 0 Å². The fourth-order valence-electron chi connectivity index (χ4n) is 5.43. The summed E-state index contributed by atoms with van der Waals surface area (Å²) < 4.78 is 5.17. The summed E-state index contributed by atoms with van der Waals surface area (Å²) in [6.07, 6.45) is 3.85. The summed E-state index contributed by atoms with van der Waals surface area (Å²) in [5, 5.41) is 4.44. The molecule has 1 aliphatic carbocycles. The van der Waals surface area contributed by atoms with E-state index in [0.29, 0.717) is 22.0 Å². The number of methoxy groups -OCH3 is 1. The maximum Gasteiger partial charge on any atom is 0.341 e. The molecule has 6 heteroatoms. The highest BCUT2D eigenvalue weighted by molar-refractivity contribution is 7.17. The SMILES string of the molecule is CCC(C)(C)[C@@H]1CCc2c(sc(NC(=O)c3cc(-c4cccc(C)c4)nc4ccccc34)c2C(=O)OC)C1. The van der Waals surface area contributed by atoms with Crippen LogP contribution >= 0.6 is 11.3 Å². The van der Waals surface area contributed by atoms with Gasteiger partial charge in [0.05, 0.1) is 29.4 Å². The highest BCUT2D eigenvalue weighted by Crippen LogP contribution is 2.46. The molecule has 0 spiro atoms. The fraction of sp³-hybridized carbons (Fsp3) is 0.344. The lowest BCUT2D eigenvalue weighted by Gasteiger charge is -2.36. The van der Waals surface area contributed by atoms with Crippen LogP contribution in [0.3, 0.4) is 0 Å². The summed E-state index contributed by atoms with van der Waals surface area (Å²) >= 11 is 1.52. The van der Waals surface area contributed by atoms with Crippen LogP contribution in [0.4, 0.5) is 5.00 Å². The number of thiophene rings is 1. The van der Waals surface area contributed by atoms with E-state index in [0.717, 1.165) is 59.0 Å². The van der Waals surface area contributed by atoms with Crippen LogP contribution < -0.4 is 5.32 Å². The zero-order valence-electron chi connectivity index (χ0n) is 22.7. The number of pyridine rings is 1. The second kappa shape index (κ2) is 10.3. The quantitative estimate of drug-likeness (QED) is 0.260. The zero-order chi connectivity index (χ0) is 27.0. The number of carbonyl (C=O) groups is 2. The van der Waals surface area contributed by atoms with Gasteiger partial charge >= 0.3 is 5.97 Å². The van der Waals surface area contributed by atoms with Crippen LogP contribution in [0.1, 0.15) is 70.3 Å². The van der Waals surface area contributed by atoms with Gasteiger partial charge in [0.1, 0.15) is 5.00 Å². The Morgan fingerprint density at radius 2 is 1.92 bits per heavy atom. The van der Waals surface area contributed by atoms with Gasteiger partial charge in [0.25, 0.3) is 5.91 Å². The van der Waals surface area contributed by atoms with E-state index in [1.165, 1.54) is 23.3 Å². The maximum atomic E-state index is 13.8. The molecule has 2 heterocycles. The number of anilines is 1. The lowest BCUT2D eigenvalue weighted by atomic mass is 9.69. The first kappa shape index (κ1) is 26.1. The molecule has 1 atom stereocenters. The maximum absolute atomic E-state index is 13.8. The van der Waals surface area contributed by atoms with Gasteiger partial charge in [0, 0.05) is 15.8 Å². The van der Waals surface area contributed by atoms with Gasteiger partial charge in [-0.3, -0.25) is 4.79 Å². The molecule has 5 nitrogen and oxygen atoms in total. The van der Waals surface area contributed by atoms with Crippen LogP contribution in [0.2, 0.25) is 0 Å². The Hall–Kier alpha value is -3.51. The predicted molar refractivity (Wildman–Crippen MR) is 155 cm³/mol. The number of para-hydroxylation sites is 1. The van der Waals surface area contributed by atoms with Crippen LogP contribution in [-0.4, -0.2) is 24.0 Å². The minimum absolute atomic E-state index is 0.221. The average Bonchev–Trinajstić information content (AvgIpc) is 3.28. The molecule has 1 aliphatic rings. The second-order valence-corrected chi connectivity index (χ2v) is 12.0. The third-order valence-corrected chi connectivity index (χ3v) is 9.34. The minimum atomic E-state index is -0.397. The number of rotatable bonds is 6.